The van der Waals surface area contributed by atoms with Crippen molar-refractivity contribution < 1.29 is 13.2 Å². The van der Waals surface area contributed by atoms with E-state index >= 15 is 0 Å². The molecule has 0 spiro atoms. The predicted molar refractivity (Wildman–Crippen MR) is 80.2 cm³/mol. The van der Waals surface area contributed by atoms with Gasteiger partial charge in [0.05, 0.1) is 25.0 Å². The molecule has 0 aromatic heterocycles. The van der Waals surface area contributed by atoms with E-state index in [9.17, 15) is 8.42 Å². The van der Waals surface area contributed by atoms with Gasteiger partial charge in [-0.3, -0.25) is 0 Å². The van der Waals surface area contributed by atoms with E-state index in [1.807, 2.05) is 26.0 Å². The zero-order valence-electron chi connectivity index (χ0n) is 11.8. The number of nitrogens with zero attached hydrogens (tertiary/aromatic N) is 1. The zero-order valence-corrected chi connectivity index (χ0v) is 13.3. The molecule has 1 aromatic rings. The van der Waals surface area contributed by atoms with E-state index in [0.717, 1.165) is 5.56 Å². The van der Waals surface area contributed by atoms with Crippen LogP contribution in [0, 0.1) is 5.92 Å². The number of halogens is 1. The summed E-state index contributed by atoms with van der Waals surface area (Å²) >= 11 is 5.97. The van der Waals surface area contributed by atoms with Gasteiger partial charge < -0.3 is 4.74 Å². The Morgan fingerprint density at radius 2 is 2.20 bits per heavy atom. The van der Waals surface area contributed by atoms with Crippen molar-refractivity contribution in [3.05, 3.63) is 34.9 Å². The van der Waals surface area contributed by atoms with Crippen molar-refractivity contribution in [1.82, 2.24) is 4.31 Å². The fourth-order valence-corrected chi connectivity index (χ4v) is 4.17. The molecule has 2 rings (SSSR count). The lowest BCUT2D eigenvalue weighted by Crippen LogP contribution is -2.44. The van der Waals surface area contributed by atoms with Crippen molar-refractivity contribution in [2.45, 2.75) is 26.4 Å². The summed E-state index contributed by atoms with van der Waals surface area (Å²) < 4.78 is 31.9. The average molecular weight is 318 g/mol. The second-order valence-corrected chi connectivity index (χ2v) is 7.85. The molecule has 0 aliphatic carbocycles. The molecule has 0 amide bonds. The van der Waals surface area contributed by atoms with Crippen LogP contribution in [0.25, 0.3) is 0 Å². The fourth-order valence-electron chi connectivity index (χ4n) is 2.33. The number of hydrogen-bond acceptors (Lipinski definition) is 3. The molecule has 4 nitrogen and oxygen atoms in total. The molecule has 0 saturated carbocycles. The van der Waals surface area contributed by atoms with Crippen LogP contribution >= 0.6 is 11.6 Å². The maximum Gasteiger partial charge on any atom is 0.217 e. The van der Waals surface area contributed by atoms with Crippen LogP contribution in [0.15, 0.2) is 24.3 Å². The summed E-state index contributed by atoms with van der Waals surface area (Å²) in [5.41, 5.74) is 0.897. The van der Waals surface area contributed by atoms with Crippen molar-refractivity contribution in [3.8, 4) is 0 Å². The third-order valence-electron chi connectivity index (χ3n) is 3.50. The highest BCUT2D eigenvalue weighted by molar-refractivity contribution is 7.89. The van der Waals surface area contributed by atoms with E-state index in [0.29, 0.717) is 18.2 Å². The first-order chi connectivity index (χ1) is 9.40. The molecule has 1 fully saturated rings. The number of rotatable bonds is 3. The summed E-state index contributed by atoms with van der Waals surface area (Å²) in [6.07, 6.45) is 0. The number of hydrogen-bond donors (Lipinski definition) is 0. The van der Waals surface area contributed by atoms with Gasteiger partial charge in [-0.15, -0.1) is 0 Å². The molecular weight excluding hydrogens is 298 g/mol. The summed E-state index contributed by atoms with van der Waals surface area (Å²) in [7, 11) is -3.30. The van der Waals surface area contributed by atoms with Gasteiger partial charge in [-0.2, -0.15) is 4.31 Å². The van der Waals surface area contributed by atoms with E-state index in [2.05, 4.69) is 0 Å². The van der Waals surface area contributed by atoms with E-state index < -0.39 is 10.0 Å². The monoisotopic (exact) mass is 317 g/mol. The van der Waals surface area contributed by atoms with Crippen LogP contribution in [-0.4, -0.2) is 37.7 Å². The first-order valence-corrected chi connectivity index (χ1v) is 8.70. The van der Waals surface area contributed by atoms with Crippen molar-refractivity contribution in [3.63, 3.8) is 0 Å². The molecule has 112 valence electrons. The summed E-state index contributed by atoms with van der Waals surface area (Å²) in [6.45, 7) is 5.07. The minimum absolute atomic E-state index is 0.0385. The maximum atomic E-state index is 12.4. The van der Waals surface area contributed by atoms with Crippen molar-refractivity contribution in [2.75, 3.05) is 19.0 Å². The van der Waals surface area contributed by atoms with E-state index in [1.54, 1.807) is 16.4 Å². The van der Waals surface area contributed by atoms with E-state index in [4.69, 9.17) is 16.3 Å². The molecule has 0 bridgehead atoms. The summed E-state index contributed by atoms with van der Waals surface area (Å²) in [4.78, 5) is 0. The lowest BCUT2D eigenvalue weighted by Gasteiger charge is -2.31. The highest BCUT2D eigenvalue weighted by Crippen LogP contribution is 2.23. The smallest absolute Gasteiger partial charge is 0.217 e. The standard InChI is InChI=1S/C14H20ClNO3S/c1-11(2)14-10-19-6-7-20(17,18)16(14)9-12-4-3-5-13(15)8-12/h3-5,8,11,14H,6-7,9-10H2,1-2H3/t14-/m1/s1. The molecule has 1 atom stereocenters. The van der Waals surface area contributed by atoms with Crippen LogP contribution in [-0.2, 0) is 21.3 Å². The van der Waals surface area contributed by atoms with Gasteiger partial charge in [-0.25, -0.2) is 8.42 Å². The summed E-state index contributed by atoms with van der Waals surface area (Å²) in [6, 6.07) is 7.18. The van der Waals surface area contributed by atoms with Gasteiger partial charge in [0.2, 0.25) is 10.0 Å². The third kappa shape index (κ3) is 3.73. The highest BCUT2D eigenvalue weighted by Gasteiger charge is 2.34. The van der Waals surface area contributed by atoms with Gasteiger partial charge in [0.25, 0.3) is 0 Å². The Labute approximate surface area is 125 Å². The molecule has 0 N–H and O–H groups in total. The minimum atomic E-state index is -3.30. The number of sulfonamides is 1. The number of ether oxygens (including phenoxy) is 1. The molecule has 1 saturated heterocycles. The van der Waals surface area contributed by atoms with Gasteiger partial charge in [-0.1, -0.05) is 37.6 Å². The molecule has 1 heterocycles. The molecule has 0 unspecified atom stereocenters. The van der Waals surface area contributed by atoms with Gasteiger partial charge in [-0.05, 0) is 23.6 Å². The molecule has 1 aliphatic rings. The lowest BCUT2D eigenvalue weighted by atomic mass is 10.0. The van der Waals surface area contributed by atoms with Crippen LogP contribution in [0.1, 0.15) is 19.4 Å². The fraction of sp³-hybridized carbons (Fsp3) is 0.571. The largest absolute Gasteiger partial charge is 0.379 e. The number of benzene rings is 1. The van der Waals surface area contributed by atoms with Gasteiger partial charge in [0.1, 0.15) is 0 Å². The Balaban J connectivity index is 2.31. The van der Waals surface area contributed by atoms with Crippen LogP contribution in [0.3, 0.4) is 0 Å². The lowest BCUT2D eigenvalue weighted by molar-refractivity contribution is 0.0902. The first kappa shape index (κ1) is 15.8. The second-order valence-electron chi connectivity index (χ2n) is 5.38. The Bertz CT molecular complexity index is 559. The quantitative estimate of drug-likeness (QED) is 0.860. The van der Waals surface area contributed by atoms with Crippen LogP contribution in [0.4, 0.5) is 0 Å². The Morgan fingerprint density at radius 1 is 1.45 bits per heavy atom. The molecule has 0 radical (unpaired) electrons. The van der Waals surface area contributed by atoms with E-state index in [-0.39, 0.29) is 24.3 Å². The predicted octanol–water partition coefficient (Wildman–Crippen LogP) is 2.53. The van der Waals surface area contributed by atoms with Crippen molar-refractivity contribution in [1.29, 1.82) is 0 Å². The van der Waals surface area contributed by atoms with E-state index in [1.165, 1.54) is 0 Å². The molecular formula is C14H20ClNO3S. The summed E-state index contributed by atoms with van der Waals surface area (Å²) in [5.74, 6) is 0.235. The molecule has 1 aromatic carbocycles. The van der Waals surface area contributed by atoms with Gasteiger partial charge in [0, 0.05) is 11.6 Å². The van der Waals surface area contributed by atoms with Crippen LogP contribution in [0.2, 0.25) is 5.02 Å². The van der Waals surface area contributed by atoms with Gasteiger partial charge >= 0.3 is 0 Å². The van der Waals surface area contributed by atoms with Gasteiger partial charge in [0.15, 0.2) is 0 Å². The average Bonchev–Trinajstić information content (AvgIpc) is 2.49. The normalized spacial score (nSPS) is 23.7. The Hall–Kier alpha value is -0.620. The maximum absolute atomic E-state index is 12.4. The van der Waals surface area contributed by atoms with Crippen molar-refractivity contribution in [2.24, 2.45) is 5.92 Å². The summed E-state index contributed by atoms with van der Waals surface area (Å²) in [5, 5.41) is 0.618. The SMILES string of the molecule is CC(C)[C@H]1COCCS(=O)(=O)N1Cc1cccc(Cl)c1. The highest BCUT2D eigenvalue weighted by atomic mass is 35.5. The zero-order chi connectivity index (χ0) is 14.8. The third-order valence-corrected chi connectivity index (χ3v) is 5.53. The topological polar surface area (TPSA) is 46.6 Å². The molecule has 6 heteroatoms. The molecule has 1 aliphatic heterocycles. The van der Waals surface area contributed by atoms with Crippen LogP contribution < -0.4 is 0 Å². The van der Waals surface area contributed by atoms with Crippen molar-refractivity contribution >= 4 is 21.6 Å². The minimum Gasteiger partial charge on any atom is -0.379 e. The Kier molecular flexibility index (Phi) is 5.07. The Morgan fingerprint density at radius 3 is 2.85 bits per heavy atom. The first-order valence-electron chi connectivity index (χ1n) is 6.72. The molecule has 20 heavy (non-hydrogen) atoms. The van der Waals surface area contributed by atoms with Crippen LogP contribution in [0.5, 0.6) is 0 Å². The second kappa shape index (κ2) is 6.43.